The molecule has 21 heavy (non-hydrogen) atoms. The van der Waals surface area contributed by atoms with Gasteiger partial charge in [-0.1, -0.05) is 17.3 Å². The number of aromatic nitrogens is 3. The third-order valence-electron chi connectivity index (χ3n) is 2.88. The lowest BCUT2D eigenvalue weighted by Gasteiger charge is -2.07. The fourth-order valence-electron chi connectivity index (χ4n) is 1.77. The number of carbonyl (C=O) groups is 1. The van der Waals surface area contributed by atoms with Crippen molar-refractivity contribution in [3.8, 4) is 0 Å². The lowest BCUT2D eigenvalue weighted by atomic mass is 10.2. The smallest absolute Gasteiger partial charge is 0.240 e. The number of nitrogens with one attached hydrogen (secondary N) is 1. The van der Waals surface area contributed by atoms with E-state index in [4.69, 9.17) is 0 Å². The number of carbonyl (C=O) groups excluding carboxylic acids is 1. The molecule has 0 saturated heterocycles. The Hall–Kier alpha value is -2.06. The Morgan fingerprint density at radius 3 is 2.86 bits per heavy atom. The Labute approximate surface area is 123 Å². The first-order valence-corrected chi connectivity index (χ1v) is 7.92. The molecule has 0 radical (unpaired) electrons. The largest absolute Gasteiger partial charge is 0.295 e. The number of nitrogens with zero attached hydrogens (tertiary/aromatic N) is 3. The summed E-state index contributed by atoms with van der Waals surface area (Å²) in [5.74, 6) is -0.168. The maximum absolute atomic E-state index is 12.1. The molecule has 0 spiro atoms. The third kappa shape index (κ3) is 4.20. The van der Waals surface area contributed by atoms with E-state index in [-0.39, 0.29) is 17.2 Å². The van der Waals surface area contributed by atoms with E-state index in [9.17, 15) is 13.2 Å². The second-order valence-corrected chi connectivity index (χ2v) is 6.27. The Bertz CT molecular complexity index is 711. The van der Waals surface area contributed by atoms with E-state index >= 15 is 0 Å². The van der Waals surface area contributed by atoms with E-state index in [1.165, 1.54) is 19.1 Å². The summed E-state index contributed by atoms with van der Waals surface area (Å²) in [6.45, 7) is 2.26. The van der Waals surface area contributed by atoms with Gasteiger partial charge in [-0.3, -0.25) is 9.48 Å². The van der Waals surface area contributed by atoms with Gasteiger partial charge in [0, 0.05) is 24.8 Å². The Morgan fingerprint density at radius 2 is 2.19 bits per heavy atom. The molecule has 2 rings (SSSR count). The predicted molar refractivity (Wildman–Crippen MR) is 76.3 cm³/mol. The van der Waals surface area contributed by atoms with E-state index in [0.29, 0.717) is 18.5 Å². The molecule has 0 amide bonds. The molecule has 1 aromatic carbocycles. The van der Waals surface area contributed by atoms with Gasteiger partial charge in [0.1, 0.15) is 0 Å². The fourth-order valence-corrected chi connectivity index (χ4v) is 2.88. The van der Waals surface area contributed by atoms with Crippen LogP contribution in [0.2, 0.25) is 0 Å². The molecule has 8 heteroatoms. The van der Waals surface area contributed by atoms with Gasteiger partial charge >= 0.3 is 0 Å². The van der Waals surface area contributed by atoms with Crippen molar-refractivity contribution in [1.29, 1.82) is 0 Å². The molecular weight excluding hydrogens is 292 g/mol. The number of hydrogen-bond donors (Lipinski definition) is 1. The van der Waals surface area contributed by atoms with Crippen molar-refractivity contribution in [2.75, 3.05) is 6.54 Å². The zero-order valence-electron chi connectivity index (χ0n) is 11.6. The van der Waals surface area contributed by atoms with Gasteiger partial charge in [-0.15, -0.1) is 5.10 Å². The van der Waals surface area contributed by atoms with E-state index in [2.05, 4.69) is 15.0 Å². The first-order chi connectivity index (χ1) is 9.99. The molecule has 0 aliphatic heterocycles. The van der Waals surface area contributed by atoms with Crippen LogP contribution in [0.4, 0.5) is 0 Å². The molecule has 0 atom stereocenters. The average Bonchev–Trinajstić information content (AvgIpc) is 2.97. The quantitative estimate of drug-likeness (QED) is 0.604. The van der Waals surface area contributed by atoms with Gasteiger partial charge < -0.3 is 0 Å². The molecule has 0 unspecified atom stereocenters. The van der Waals surface area contributed by atoms with Gasteiger partial charge in [0.25, 0.3) is 0 Å². The van der Waals surface area contributed by atoms with Crippen LogP contribution >= 0.6 is 0 Å². The van der Waals surface area contributed by atoms with Crippen LogP contribution in [0.1, 0.15) is 23.7 Å². The Kier molecular flexibility index (Phi) is 4.81. The van der Waals surface area contributed by atoms with Crippen LogP contribution in [-0.4, -0.2) is 35.7 Å². The number of Topliss-reactive ketones (excluding diaryl/α,β-unsaturated/α-hetero) is 1. The summed E-state index contributed by atoms with van der Waals surface area (Å²) >= 11 is 0. The highest BCUT2D eigenvalue weighted by Gasteiger charge is 2.14. The number of sulfonamides is 1. The van der Waals surface area contributed by atoms with Crippen LogP contribution < -0.4 is 4.72 Å². The molecule has 1 heterocycles. The highest BCUT2D eigenvalue weighted by molar-refractivity contribution is 7.89. The molecule has 1 N–H and O–H groups in total. The van der Waals surface area contributed by atoms with Gasteiger partial charge in [-0.25, -0.2) is 13.1 Å². The number of ketones is 1. The van der Waals surface area contributed by atoms with Gasteiger partial charge in [-0.2, -0.15) is 0 Å². The highest BCUT2D eigenvalue weighted by Crippen LogP contribution is 2.11. The summed E-state index contributed by atoms with van der Waals surface area (Å²) in [4.78, 5) is 11.4. The molecule has 1 aromatic heterocycles. The monoisotopic (exact) mass is 308 g/mol. The third-order valence-corrected chi connectivity index (χ3v) is 4.34. The lowest BCUT2D eigenvalue weighted by molar-refractivity contribution is 0.101. The first-order valence-electron chi connectivity index (χ1n) is 6.44. The second-order valence-electron chi connectivity index (χ2n) is 4.50. The van der Waals surface area contributed by atoms with Crippen molar-refractivity contribution in [2.45, 2.75) is 24.8 Å². The summed E-state index contributed by atoms with van der Waals surface area (Å²) in [6, 6.07) is 5.99. The second kappa shape index (κ2) is 6.59. The van der Waals surface area contributed by atoms with Crippen molar-refractivity contribution in [2.24, 2.45) is 0 Å². The van der Waals surface area contributed by atoms with Crippen LogP contribution in [0.15, 0.2) is 41.6 Å². The summed E-state index contributed by atoms with van der Waals surface area (Å²) in [7, 11) is -3.60. The summed E-state index contributed by atoms with van der Waals surface area (Å²) in [5, 5.41) is 7.46. The molecule has 7 nitrogen and oxygen atoms in total. The zero-order chi connectivity index (χ0) is 15.3. The van der Waals surface area contributed by atoms with Gasteiger partial charge in [-0.05, 0) is 25.5 Å². The van der Waals surface area contributed by atoms with Crippen LogP contribution in [0.5, 0.6) is 0 Å². The minimum absolute atomic E-state index is 0.0935. The average molecular weight is 308 g/mol. The lowest BCUT2D eigenvalue weighted by Crippen LogP contribution is -2.25. The van der Waals surface area contributed by atoms with Crippen molar-refractivity contribution in [1.82, 2.24) is 19.7 Å². The molecule has 0 aliphatic rings. The predicted octanol–water partition coefficient (Wildman–Crippen LogP) is 0.849. The van der Waals surface area contributed by atoms with E-state index < -0.39 is 10.0 Å². The first kappa shape index (κ1) is 15.3. The SMILES string of the molecule is CC(=O)c1cccc(S(=O)(=O)NCCCn2ccnn2)c1. The molecule has 2 aromatic rings. The maximum atomic E-state index is 12.1. The van der Waals surface area contributed by atoms with Crippen LogP contribution in [-0.2, 0) is 16.6 Å². The van der Waals surface area contributed by atoms with Crippen molar-refractivity contribution < 1.29 is 13.2 Å². The highest BCUT2D eigenvalue weighted by atomic mass is 32.2. The van der Waals surface area contributed by atoms with Gasteiger partial charge in [0.05, 0.1) is 11.1 Å². The van der Waals surface area contributed by atoms with E-state index in [1.54, 1.807) is 29.2 Å². The maximum Gasteiger partial charge on any atom is 0.240 e. The van der Waals surface area contributed by atoms with Gasteiger partial charge in [0.2, 0.25) is 10.0 Å². The standard InChI is InChI=1S/C13H16N4O3S/c1-11(18)12-4-2-5-13(10-12)21(19,20)15-6-3-8-17-9-7-14-16-17/h2,4-5,7,9-10,15H,3,6,8H2,1H3. The zero-order valence-corrected chi connectivity index (χ0v) is 12.4. The topological polar surface area (TPSA) is 94.0 Å². The fraction of sp³-hybridized carbons (Fsp3) is 0.308. The molecule has 0 aliphatic carbocycles. The minimum atomic E-state index is -3.60. The van der Waals surface area contributed by atoms with Crippen LogP contribution in [0.3, 0.4) is 0 Å². The number of rotatable bonds is 7. The van der Waals surface area contributed by atoms with Crippen molar-refractivity contribution in [3.05, 3.63) is 42.2 Å². The molecule has 0 saturated carbocycles. The molecular formula is C13H16N4O3S. The van der Waals surface area contributed by atoms with Crippen molar-refractivity contribution in [3.63, 3.8) is 0 Å². The molecule has 0 fully saturated rings. The number of hydrogen-bond acceptors (Lipinski definition) is 5. The normalized spacial score (nSPS) is 11.5. The Morgan fingerprint density at radius 1 is 1.38 bits per heavy atom. The Balaban J connectivity index is 1.95. The van der Waals surface area contributed by atoms with Crippen LogP contribution in [0.25, 0.3) is 0 Å². The summed E-state index contributed by atoms with van der Waals surface area (Å²) in [5.41, 5.74) is 0.375. The minimum Gasteiger partial charge on any atom is -0.295 e. The number of benzene rings is 1. The molecule has 0 bridgehead atoms. The van der Waals surface area contributed by atoms with E-state index in [0.717, 1.165) is 0 Å². The van der Waals surface area contributed by atoms with Crippen LogP contribution in [0, 0.1) is 0 Å². The van der Waals surface area contributed by atoms with Crippen molar-refractivity contribution >= 4 is 15.8 Å². The summed E-state index contributed by atoms with van der Waals surface area (Å²) in [6.07, 6.45) is 3.87. The number of aryl methyl sites for hydroxylation is 1. The summed E-state index contributed by atoms with van der Waals surface area (Å²) < 4.78 is 28.4. The van der Waals surface area contributed by atoms with Gasteiger partial charge in [0.15, 0.2) is 5.78 Å². The molecule has 112 valence electrons. The van der Waals surface area contributed by atoms with E-state index in [1.807, 2.05) is 0 Å².